The molecule has 158 valence electrons. The van der Waals surface area contributed by atoms with E-state index in [-0.39, 0.29) is 0 Å². The molecule has 1 aromatic rings. The Balaban J connectivity index is 1.68. The van der Waals surface area contributed by atoms with E-state index in [9.17, 15) is 14.4 Å². The Hall–Kier alpha value is -3.43. The number of benzene rings is 1. The second-order valence-electron chi connectivity index (χ2n) is 7.14. The summed E-state index contributed by atoms with van der Waals surface area (Å²) in [6, 6.07) is 6.36. The summed E-state index contributed by atoms with van der Waals surface area (Å²) in [5.74, 6) is 0.663. The van der Waals surface area contributed by atoms with Crippen LogP contribution in [0.15, 0.2) is 29.3 Å². The monoisotopic (exact) mass is 414 g/mol. The van der Waals surface area contributed by atoms with Crippen LogP contribution in [0.4, 0.5) is 10.5 Å². The fourth-order valence-corrected chi connectivity index (χ4v) is 3.92. The molecule has 3 aliphatic rings. The van der Waals surface area contributed by atoms with E-state index in [0.717, 1.165) is 29.3 Å². The Bertz CT molecular complexity index is 955. The van der Waals surface area contributed by atoms with E-state index in [4.69, 9.17) is 4.74 Å². The lowest BCUT2D eigenvalue weighted by atomic mass is 10.1. The zero-order valence-electron chi connectivity index (χ0n) is 17.2. The van der Waals surface area contributed by atoms with Crippen molar-refractivity contribution in [1.29, 1.82) is 0 Å². The molecule has 0 bridgehead atoms. The summed E-state index contributed by atoms with van der Waals surface area (Å²) in [6.45, 7) is 3.46. The number of hydrogen-bond acceptors (Lipinski definition) is 7. The molecule has 1 unspecified atom stereocenters. The van der Waals surface area contributed by atoms with Crippen LogP contribution in [0, 0.1) is 0 Å². The number of anilines is 1. The van der Waals surface area contributed by atoms with Gasteiger partial charge in [-0.1, -0.05) is 4.99 Å². The summed E-state index contributed by atoms with van der Waals surface area (Å²) in [4.78, 5) is 46.5. The predicted molar refractivity (Wildman–Crippen MR) is 108 cm³/mol. The van der Waals surface area contributed by atoms with Crippen LogP contribution in [0.25, 0.3) is 0 Å². The third kappa shape index (κ3) is 3.17. The number of aliphatic imine (C=N–C) groups is 1. The maximum atomic E-state index is 13.1. The van der Waals surface area contributed by atoms with Crippen LogP contribution in [0.5, 0.6) is 5.75 Å². The molecule has 30 heavy (non-hydrogen) atoms. The number of carbonyl (C=O) groups excluding carboxylic acids is 3. The number of guanidine groups is 1. The number of amides is 3. The largest absolute Gasteiger partial charge is 0.494 e. The summed E-state index contributed by atoms with van der Waals surface area (Å²) in [5, 5.41) is 0. The van der Waals surface area contributed by atoms with Crippen molar-refractivity contribution in [3.05, 3.63) is 24.3 Å². The van der Waals surface area contributed by atoms with Gasteiger partial charge in [0.05, 0.1) is 26.8 Å². The van der Waals surface area contributed by atoms with E-state index < -0.39 is 30.5 Å². The second kappa shape index (κ2) is 7.77. The van der Waals surface area contributed by atoms with Crippen molar-refractivity contribution >= 4 is 35.4 Å². The highest BCUT2D eigenvalue weighted by Crippen LogP contribution is 2.27. The molecule has 0 aliphatic carbocycles. The molecule has 3 amide bonds. The first-order valence-corrected chi connectivity index (χ1v) is 9.84. The van der Waals surface area contributed by atoms with Crippen LogP contribution >= 0.6 is 0 Å². The van der Waals surface area contributed by atoms with Gasteiger partial charge in [-0.25, -0.2) is 19.2 Å². The van der Waals surface area contributed by atoms with Gasteiger partial charge < -0.3 is 9.47 Å². The van der Waals surface area contributed by atoms with E-state index >= 15 is 0 Å². The first kappa shape index (κ1) is 19.9. The van der Waals surface area contributed by atoms with Gasteiger partial charge in [-0.15, -0.1) is 0 Å². The number of ether oxygens (including phenoxy) is 2. The van der Waals surface area contributed by atoms with Crippen LogP contribution in [0.2, 0.25) is 0 Å². The van der Waals surface area contributed by atoms with Crippen LogP contribution in [0.3, 0.4) is 0 Å². The van der Waals surface area contributed by atoms with Crippen molar-refractivity contribution < 1.29 is 28.4 Å². The average molecular weight is 414 g/mol. The molecule has 3 heterocycles. The Labute approximate surface area is 174 Å². The molecule has 4 rings (SSSR count). The summed E-state index contributed by atoms with van der Waals surface area (Å²) in [6.07, 6.45) is 0.817. The lowest BCUT2D eigenvalue weighted by molar-refractivity contribution is -0.539. The van der Waals surface area contributed by atoms with E-state index in [1.807, 2.05) is 40.7 Å². The molecule has 1 atom stereocenters. The SMILES string of the molecule is CCOc1ccc(N2CCC[N+]3=C2N=C2C3C(=O)N(CC(=O)OC)C(=O)N2C)cc1. The number of likely N-dealkylation sites (N-methyl/N-ethyl adjacent to an activating group) is 1. The summed E-state index contributed by atoms with van der Waals surface area (Å²) in [7, 11) is 2.78. The van der Waals surface area contributed by atoms with E-state index in [1.54, 1.807) is 7.05 Å². The number of hydrogen-bond donors (Lipinski definition) is 0. The number of fused-ring (bicyclic) bond motifs is 2. The molecule has 1 aromatic carbocycles. The lowest BCUT2D eigenvalue weighted by Crippen LogP contribution is -2.64. The van der Waals surface area contributed by atoms with E-state index in [2.05, 4.69) is 9.73 Å². The Morgan fingerprint density at radius 1 is 1.27 bits per heavy atom. The van der Waals surface area contributed by atoms with Crippen LogP contribution in [-0.4, -0.2) is 90.5 Å². The summed E-state index contributed by atoms with van der Waals surface area (Å²) >= 11 is 0. The van der Waals surface area contributed by atoms with Gasteiger partial charge in [0.2, 0.25) is 11.9 Å². The topological polar surface area (TPSA) is 94.8 Å². The van der Waals surface area contributed by atoms with Crippen molar-refractivity contribution in [3.8, 4) is 5.75 Å². The average Bonchev–Trinajstić information content (AvgIpc) is 3.16. The number of carbonyl (C=O) groups is 3. The van der Waals surface area contributed by atoms with Gasteiger partial charge in [0.15, 0.2) is 0 Å². The predicted octanol–water partition coefficient (Wildman–Crippen LogP) is 0.512. The molecular weight excluding hydrogens is 390 g/mol. The van der Waals surface area contributed by atoms with Crippen molar-refractivity contribution in [2.75, 3.05) is 45.3 Å². The standard InChI is InChI=1S/C20H24N5O5/c1-4-30-14-8-6-13(7-9-14)23-10-5-11-24-16-17(21-19(23)24)22(2)20(28)25(18(16)27)12-15(26)29-3/h6-9,16H,4-5,10-12H2,1-3H3/q+1. The molecule has 1 saturated heterocycles. The molecule has 0 spiro atoms. The highest BCUT2D eigenvalue weighted by Gasteiger charge is 2.54. The van der Waals surface area contributed by atoms with Crippen molar-refractivity contribution in [2.45, 2.75) is 19.4 Å². The van der Waals surface area contributed by atoms with Gasteiger partial charge in [0.25, 0.3) is 5.91 Å². The van der Waals surface area contributed by atoms with Gasteiger partial charge in [0.1, 0.15) is 18.0 Å². The quantitative estimate of drug-likeness (QED) is 0.515. The van der Waals surface area contributed by atoms with Gasteiger partial charge in [-0.2, -0.15) is 0 Å². The zero-order valence-corrected chi connectivity index (χ0v) is 17.2. The second-order valence-corrected chi connectivity index (χ2v) is 7.14. The zero-order chi connectivity index (χ0) is 21.4. The molecule has 10 nitrogen and oxygen atoms in total. The number of nitrogens with zero attached hydrogens (tertiary/aromatic N) is 5. The fraction of sp³-hybridized carbons (Fsp3) is 0.450. The first-order valence-electron chi connectivity index (χ1n) is 9.84. The normalized spacial score (nSPS) is 20.8. The summed E-state index contributed by atoms with van der Waals surface area (Å²) < 4.78 is 12.0. The number of rotatable bonds is 5. The van der Waals surface area contributed by atoms with Gasteiger partial charge >= 0.3 is 18.0 Å². The maximum absolute atomic E-state index is 13.1. The van der Waals surface area contributed by atoms with Crippen LogP contribution in [-0.2, 0) is 14.3 Å². The fourth-order valence-electron chi connectivity index (χ4n) is 3.92. The Morgan fingerprint density at radius 3 is 2.67 bits per heavy atom. The molecule has 1 fully saturated rings. The van der Waals surface area contributed by atoms with Gasteiger partial charge in [-0.3, -0.25) is 14.5 Å². The highest BCUT2D eigenvalue weighted by molar-refractivity contribution is 6.24. The molecule has 10 heteroatoms. The number of methoxy groups -OCH3 is 1. The molecule has 0 aromatic heterocycles. The first-order chi connectivity index (χ1) is 14.5. The van der Waals surface area contributed by atoms with Crippen LogP contribution in [0.1, 0.15) is 13.3 Å². The number of urea groups is 1. The lowest BCUT2D eigenvalue weighted by Gasteiger charge is -2.34. The molecule has 0 saturated carbocycles. The Morgan fingerprint density at radius 2 is 2.00 bits per heavy atom. The molecular formula is C20H24N5O5+. The minimum absolute atomic E-state index is 0.374. The highest BCUT2D eigenvalue weighted by atomic mass is 16.5. The third-order valence-corrected chi connectivity index (χ3v) is 5.39. The smallest absolute Gasteiger partial charge is 0.397 e. The van der Waals surface area contributed by atoms with E-state index in [1.165, 1.54) is 12.0 Å². The third-order valence-electron chi connectivity index (χ3n) is 5.39. The number of esters is 1. The minimum atomic E-state index is -0.738. The van der Waals surface area contributed by atoms with Gasteiger partial charge in [-0.05, 0) is 31.2 Å². The van der Waals surface area contributed by atoms with Gasteiger partial charge in [0, 0.05) is 13.5 Å². The van der Waals surface area contributed by atoms with Crippen molar-refractivity contribution in [3.63, 3.8) is 0 Å². The Kier molecular flexibility index (Phi) is 5.15. The maximum Gasteiger partial charge on any atom is 0.397 e. The molecule has 3 aliphatic heterocycles. The molecule has 0 radical (unpaired) electrons. The number of amidine groups is 1. The minimum Gasteiger partial charge on any atom is -0.494 e. The van der Waals surface area contributed by atoms with Crippen molar-refractivity contribution in [1.82, 2.24) is 9.80 Å². The van der Waals surface area contributed by atoms with Crippen molar-refractivity contribution in [2.24, 2.45) is 4.99 Å². The van der Waals surface area contributed by atoms with Crippen LogP contribution < -0.4 is 9.64 Å². The molecule has 0 N–H and O–H groups in total. The van der Waals surface area contributed by atoms with E-state index in [0.29, 0.717) is 24.9 Å². The summed E-state index contributed by atoms with van der Waals surface area (Å²) in [5.41, 5.74) is 0.925. The number of imide groups is 1.